The predicted molar refractivity (Wildman–Crippen MR) is 119 cm³/mol. The van der Waals surface area contributed by atoms with Gasteiger partial charge in [0.1, 0.15) is 30.5 Å². The van der Waals surface area contributed by atoms with Crippen molar-refractivity contribution in [1.29, 1.82) is 0 Å². The largest absolute Gasteiger partial charge is 0.486 e. The summed E-state index contributed by atoms with van der Waals surface area (Å²) in [7, 11) is 3.92. The van der Waals surface area contributed by atoms with Gasteiger partial charge in [-0.05, 0) is 50.5 Å². The van der Waals surface area contributed by atoms with Gasteiger partial charge < -0.3 is 19.0 Å². The lowest BCUT2D eigenvalue weighted by Crippen LogP contribution is -2.36. The maximum Gasteiger partial charge on any atom is 0.240 e. The first-order valence-corrected chi connectivity index (χ1v) is 10.2. The Bertz CT molecular complexity index is 1120. The van der Waals surface area contributed by atoms with Crippen molar-refractivity contribution < 1.29 is 13.9 Å². The Kier molecular flexibility index (Phi) is 6.33. The Hall–Kier alpha value is -3.58. The summed E-state index contributed by atoms with van der Waals surface area (Å²) in [6, 6.07) is 21.1. The standard InChI is InChI=1S/C24H26N4O3/c1-27(2)21(22-13-8-14-30-22)15-25-24(29)16-28-20-12-7-6-11-19(20)26-23(28)17-31-18-9-4-3-5-10-18/h3-14,21H,15-17H2,1-2H3,(H,25,29). The van der Waals surface area contributed by atoms with Crippen LogP contribution in [0.2, 0.25) is 0 Å². The maximum atomic E-state index is 12.8. The van der Waals surface area contributed by atoms with Crippen LogP contribution < -0.4 is 10.1 Å². The van der Waals surface area contributed by atoms with E-state index in [1.165, 1.54) is 0 Å². The van der Waals surface area contributed by atoms with Crippen LogP contribution in [0.4, 0.5) is 0 Å². The lowest BCUT2D eigenvalue weighted by atomic mass is 10.2. The van der Waals surface area contributed by atoms with E-state index in [2.05, 4.69) is 10.3 Å². The maximum absolute atomic E-state index is 12.8. The van der Waals surface area contributed by atoms with Crippen LogP contribution in [0.25, 0.3) is 11.0 Å². The van der Waals surface area contributed by atoms with E-state index in [4.69, 9.17) is 9.15 Å². The van der Waals surface area contributed by atoms with Crippen molar-refractivity contribution in [1.82, 2.24) is 19.8 Å². The number of likely N-dealkylation sites (N-methyl/N-ethyl adjacent to an activating group) is 1. The van der Waals surface area contributed by atoms with Crippen molar-refractivity contribution in [3.63, 3.8) is 0 Å². The Morgan fingerprint density at radius 3 is 2.61 bits per heavy atom. The number of furan rings is 1. The Balaban J connectivity index is 1.48. The zero-order chi connectivity index (χ0) is 21.6. The highest BCUT2D eigenvalue weighted by molar-refractivity contribution is 5.81. The van der Waals surface area contributed by atoms with Crippen molar-refractivity contribution in [3.8, 4) is 5.75 Å². The van der Waals surface area contributed by atoms with Gasteiger partial charge in [-0.2, -0.15) is 0 Å². The molecular formula is C24H26N4O3. The molecule has 2 heterocycles. The minimum absolute atomic E-state index is 0.0423. The number of imidazole rings is 1. The Morgan fingerprint density at radius 2 is 1.87 bits per heavy atom. The quantitative estimate of drug-likeness (QED) is 0.449. The average molecular weight is 418 g/mol. The fraction of sp³-hybridized carbons (Fsp3) is 0.250. The van der Waals surface area contributed by atoms with Crippen molar-refractivity contribution >= 4 is 16.9 Å². The number of nitrogens with one attached hydrogen (secondary N) is 1. The second-order valence-corrected chi connectivity index (χ2v) is 7.50. The summed E-state index contributed by atoms with van der Waals surface area (Å²) in [6.07, 6.45) is 1.64. The third-order valence-corrected chi connectivity index (χ3v) is 5.13. The van der Waals surface area contributed by atoms with E-state index in [0.29, 0.717) is 12.4 Å². The molecular weight excluding hydrogens is 392 g/mol. The van der Waals surface area contributed by atoms with Gasteiger partial charge in [0.2, 0.25) is 5.91 Å². The number of ether oxygens (including phenoxy) is 1. The number of nitrogens with zero attached hydrogens (tertiary/aromatic N) is 3. The molecule has 0 aliphatic rings. The Morgan fingerprint density at radius 1 is 1.10 bits per heavy atom. The van der Waals surface area contributed by atoms with Crippen molar-refractivity contribution in [3.05, 3.63) is 84.6 Å². The molecule has 1 unspecified atom stereocenters. The summed E-state index contributed by atoms with van der Waals surface area (Å²) in [6.45, 7) is 0.882. The van der Waals surface area contributed by atoms with Crippen LogP contribution in [-0.4, -0.2) is 41.0 Å². The third kappa shape index (κ3) is 4.95. The summed E-state index contributed by atoms with van der Waals surface area (Å²) >= 11 is 0. The molecule has 2 aromatic carbocycles. The smallest absolute Gasteiger partial charge is 0.240 e. The first kappa shape index (κ1) is 20.7. The number of benzene rings is 2. The fourth-order valence-electron chi connectivity index (χ4n) is 3.51. The molecule has 1 amide bonds. The molecule has 0 saturated carbocycles. The number of fused-ring (bicyclic) bond motifs is 1. The molecule has 0 fully saturated rings. The highest BCUT2D eigenvalue weighted by atomic mass is 16.5. The molecule has 1 atom stereocenters. The molecule has 160 valence electrons. The molecule has 0 bridgehead atoms. The minimum Gasteiger partial charge on any atom is -0.486 e. The van der Waals surface area contributed by atoms with Gasteiger partial charge in [0, 0.05) is 6.54 Å². The molecule has 7 heteroatoms. The highest BCUT2D eigenvalue weighted by Crippen LogP contribution is 2.19. The first-order chi connectivity index (χ1) is 15.1. The highest BCUT2D eigenvalue weighted by Gasteiger charge is 2.19. The SMILES string of the molecule is CN(C)C(CNC(=O)Cn1c(COc2ccccc2)nc2ccccc21)c1ccco1. The van der Waals surface area contributed by atoms with Gasteiger partial charge in [-0.3, -0.25) is 9.69 Å². The van der Waals surface area contributed by atoms with E-state index < -0.39 is 0 Å². The Labute approximate surface area is 181 Å². The summed E-state index contributed by atoms with van der Waals surface area (Å²) in [4.78, 5) is 19.5. The molecule has 31 heavy (non-hydrogen) atoms. The summed E-state index contributed by atoms with van der Waals surface area (Å²) in [5.74, 6) is 2.19. The van der Waals surface area contributed by atoms with Crippen molar-refractivity contribution in [2.75, 3.05) is 20.6 Å². The second-order valence-electron chi connectivity index (χ2n) is 7.50. The topological polar surface area (TPSA) is 72.5 Å². The van der Waals surface area contributed by atoms with Crippen LogP contribution in [-0.2, 0) is 17.9 Å². The van der Waals surface area contributed by atoms with Gasteiger partial charge in [-0.1, -0.05) is 30.3 Å². The molecule has 0 aliphatic carbocycles. The molecule has 0 saturated heterocycles. The number of carbonyl (C=O) groups is 1. The lowest BCUT2D eigenvalue weighted by molar-refractivity contribution is -0.121. The lowest BCUT2D eigenvalue weighted by Gasteiger charge is -2.22. The predicted octanol–water partition coefficient (Wildman–Crippen LogP) is 3.63. The molecule has 0 aliphatic heterocycles. The third-order valence-electron chi connectivity index (χ3n) is 5.13. The van der Waals surface area contributed by atoms with E-state index in [0.717, 1.165) is 22.5 Å². The van der Waals surface area contributed by atoms with Gasteiger partial charge in [0.05, 0.1) is 23.3 Å². The summed E-state index contributed by atoms with van der Waals surface area (Å²) < 4.78 is 13.3. The van der Waals surface area contributed by atoms with Gasteiger partial charge in [0.25, 0.3) is 0 Å². The zero-order valence-corrected chi connectivity index (χ0v) is 17.7. The average Bonchev–Trinajstić information content (AvgIpc) is 3.42. The molecule has 4 rings (SSSR count). The number of hydrogen-bond acceptors (Lipinski definition) is 5. The van der Waals surface area contributed by atoms with E-state index in [1.807, 2.05) is 90.3 Å². The van der Waals surface area contributed by atoms with Crippen LogP contribution in [0.15, 0.2) is 77.4 Å². The van der Waals surface area contributed by atoms with Gasteiger partial charge in [-0.25, -0.2) is 4.98 Å². The summed E-state index contributed by atoms with van der Waals surface area (Å²) in [5.41, 5.74) is 1.74. The molecule has 1 N–H and O–H groups in total. The summed E-state index contributed by atoms with van der Waals surface area (Å²) in [5, 5.41) is 3.03. The van der Waals surface area contributed by atoms with E-state index >= 15 is 0 Å². The number of para-hydroxylation sites is 3. The zero-order valence-electron chi connectivity index (χ0n) is 17.7. The number of hydrogen-bond donors (Lipinski definition) is 1. The molecule has 2 aromatic heterocycles. The normalized spacial score (nSPS) is 12.2. The number of rotatable bonds is 9. The van der Waals surface area contributed by atoms with E-state index in [9.17, 15) is 4.79 Å². The molecule has 7 nitrogen and oxygen atoms in total. The number of amides is 1. The van der Waals surface area contributed by atoms with Crippen LogP contribution in [0.3, 0.4) is 0 Å². The monoisotopic (exact) mass is 418 g/mol. The van der Waals surface area contributed by atoms with Gasteiger partial charge in [0.15, 0.2) is 0 Å². The van der Waals surface area contributed by atoms with Crippen LogP contribution in [0, 0.1) is 0 Å². The van der Waals surface area contributed by atoms with Crippen molar-refractivity contribution in [2.24, 2.45) is 0 Å². The first-order valence-electron chi connectivity index (χ1n) is 10.2. The van der Waals surface area contributed by atoms with Gasteiger partial charge in [-0.15, -0.1) is 0 Å². The molecule has 0 radical (unpaired) electrons. The number of carbonyl (C=O) groups excluding carboxylic acids is 1. The fourth-order valence-corrected chi connectivity index (χ4v) is 3.51. The van der Waals surface area contributed by atoms with Crippen LogP contribution in [0.5, 0.6) is 5.75 Å². The van der Waals surface area contributed by atoms with Gasteiger partial charge >= 0.3 is 0 Å². The minimum atomic E-state index is -0.0949. The van der Waals surface area contributed by atoms with Crippen molar-refractivity contribution in [2.45, 2.75) is 19.2 Å². The second kappa shape index (κ2) is 9.49. The van der Waals surface area contributed by atoms with E-state index in [1.54, 1.807) is 6.26 Å². The molecule has 0 spiro atoms. The van der Waals surface area contributed by atoms with Crippen LogP contribution >= 0.6 is 0 Å². The van der Waals surface area contributed by atoms with Crippen LogP contribution in [0.1, 0.15) is 17.6 Å². The van der Waals surface area contributed by atoms with E-state index in [-0.39, 0.29) is 25.1 Å². The number of aromatic nitrogens is 2. The molecule has 4 aromatic rings.